The molecule has 1 aromatic rings. The van der Waals surface area contributed by atoms with Gasteiger partial charge in [-0.1, -0.05) is 6.07 Å². The smallest absolute Gasteiger partial charge is 0.311 e. The van der Waals surface area contributed by atoms with Gasteiger partial charge >= 0.3 is 5.97 Å². The maximum absolute atomic E-state index is 11.6. The molecule has 1 saturated carbocycles. The van der Waals surface area contributed by atoms with Crippen LogP contribution in [0.15, 0.2) is 12.1 Å². The fourth-order valence-electron chi connectivity index (χ4n) is 2.94. The molecule has 0 spiro atoms. The zero-order valence-corrected chi connectivity index (χ0v) is 11.9. The number of benzene rings is 1. The highest BCUT2D eigenvalue weighted by atomic mass is 16.5. The van der Waals surface area contributed by atoms with Crippen molar-refractivity contribution in [1.29, 1.82) is 0 Å². The first-order chi connectivity index (χ1) is 8.96. The molecular weight excluding hydrogens is 242 g/mol. The number of carboxylic acid groups (broad SMARTS) is 1. The van der Waals surface area contributed by atoms with E-state index >= 15 is 0 Å². The van der Waals surface area contributed by atoms with E-state index < -0.39 is 11.4 Å². The highest BCUT2D eigenvalue weighted by Gasteiger charge is 2.57. The summed E-state index contributed by atoms with van der Waals surface area (Å²) >= 11 is 0. The Morgan fingerprint density at radius 1 is 1.42 bits per heavy atom. The van der Waals surface area contributed by atoms with Gasteiger partial charge in [-0.3, -0.25) is 4.79 Å². The Kier molecular flexibility index (Phi) is 3.54. The van der Waals surface area contributed by atoms with Crippen LogP contribution in [-0.2, 0) is 4.79 Å². The summed E-state index contributed by atoms with van der Waals surface area (Å²) in [6.07, 6.45) is 1.43. The molecule has 0 aromatic heterocycles. The van der Waals surface area contributed by atoms with E-state index in [0.29, 0.717) is 12.8 Å². The molecule has 0 heterocycles. The molecule has 4 nitrogen and oxygen atoms in total. The summed E-state index contributed by atoms with van der Waals surface area (Å²) in [5.41, 5.74) is 2.48. The average molecular weight is 263 g/mol. The highest BCUT2D eigenvalue weighted by molar-refractivity contribution is 5.79. The quantitative estimate of drug-likeness (QED) is 0.856. The van der Waals surface area contributed by atoms with E-state index in [1.807, 2.05) is 27.0 Å². The molecule has 2 N–H and O–H groups in total. The number of aryl methyl sites for hydroxylation is 2. The number of methoxy groups -OCH3 is 1. The molecule has 1 fully saturated rings. The van der Waals surface area contributed by atoms with Crippen molar-refractivity contribution in [3.05, 3.63) is 28.8 Å². The second-order valence-corrected chi connectivity index (χ2v) is 5.38. The molecule has 0 saturated heterocycles. The molecule has 1 aromatic carbocycles. The Morgan fingerprint density at radius 2 is 2.05 bits per heavy atom. The molecule has 4 heteroatoms. The third-order valence-electron chi connectivity index (χ3n) is 4.06. The van der Waals surface area contributed by atoms with E-state index in [2.05, 4.69) is 11.4 Å². The van der Waals surface area contributed by atoms with Gasteiger partial charge in [0.1, 0.15) is 5.75 Å². The van der Waals surface area contributed by atoms with Gasteiger partial charge in [0.2, 0.25) is 0 Å². The van der Waals surface area contributed by atoms with E-state index in [-0.39, 0.29) is 6.04 Å². The van der Waals surface area contributed by atoms with Gasteiger partial charge in [-0.2, -0.15) is 0 Å². The molecule has 0 aliphatic heterocycles. The fraction of sp³-hybridized carbons (Fsp3) is 0.533. The van der Waals surface area contributed by atoms with E-state index in [9.17, 15) is 9.90 Å². The van der Waals surface area contributed by atoms with Crippen molar-refractivity contribution in [2.45, 2.75) is 32.7 Å². The van der Waals surface area contributed by atoms with Gasteiger partial charge in [0.25, 0.3) is 0 Å². The summed E-state index contributed by atoms with van der Waals surface area (Å²) in [5, 5.41) is 12.7. The summed E-state index contributed by atoms with van der Waals surface area (Å²) in [6, 6.07) is 3.82. The molecule has 19 heavy (non-hydrogen) atoms. The molecule has 1 aliphatic rings. The van der Waals surface area contributed by atoms with Crippen molar-refractivity contribution in [3.63, 3.8) is 0 Å². The zero-order valence-electron chi connectivity index (χ0n) is 11.9. The maximum atomic E-state index is 11.6. The van der Waals surface area contributed by atoms with E-state index in [1.54, 1.807) is 7.11 Å². The first kappa shape index (κ1) is 13.9. The van der Waals surface area contributed by atoms with Gasteiger partial charge < -0.3 is 15.2 Å². The molecule has 1 aliphatic carbocycles. The molecule has 1 unspecified atom stereocenters. The van der Waals surface area contributed by atoms with Crippen molar-refractivity contribution in [2.75, 3.05) is 14.2 Å². The average Bonchev–Trinajstić information content (AvgIpc) is 3.13. The normalized spacial score (nSPS) is 17.9. The Bertz CT molecular complexity index is 506. The molecular formula is C15H21NO3. The number of hydrogen-bond acceptors (Lipinski definition) is 3. The Labute approximate surface area is 113 Å². The molecule has 2 rings (SSSR count). The molecule has 0 radical (unpaired) electrons. The molecule has 104 valence electrons. The van der Waals surface area contributed by atoms with Crippen LogP contribution in [0.2, 0.25) is 0 Å². The monoisotopic (exact) mass is 263 g/mol. The minimum atomic E-state index is -0.728. The SMILES string of the molecule is CNC(c1c(C)cc(C)cc1OC)C1(C(=O)O)CC1. The van der Waals surface area contributed by atoms with Gasteiger partial charge in [-0.05, 0) is 50.9 Å². The third kappa shape index (κ3) is 2.21. The van der Waals surface area contributed by atoms with Crippen LogP contribution in [-0.4, -0.2) is 25.2 Å². The van der Waals surface area contributed by atoms with Gasteiger partial charge in [-0.25, -0.2) is 0 Å². The van der Waals surface area contributed by atoms with E-state index in [0.717, 1.165) is 22.4 Å². The van der Waals surface area contributed by atoms with Crippen molar-refractivity contribution in [2.24, 2.45) is 5.41 Å². The first-order valence-corrected chi connectivity index (χ1v) is 6.52. The standard InChI is InChI=1S/C15H21NO3/c1-9-7-10(2)12(11(8-9)19-4)13(16-3)15(5-6-15)14(17)18/h7-8,13,16H,5-6H2,1-4H3,(H,17,18). The number of aliphatic carboxylic acids is 1. The van der Waals surface area contributed by atoms with E-state index in [4.69, 9.17) is 4.74 Å². The van der Waals surface area contributed by atoms with Gasteiger partial charge in [0.15, 0.2) is 0 Å². The molecule has 0 bridgehead atoms. The maximum Gasteiger partial charge on any atom is 0.311 e. The summed E-state index contributed by atoms with van der Waals surface area (Å²) in [4.78, 5) is 11.6. The second-order valence-electron chi connectivity index (χ2n) is 5.38. The highest BCUT2D eigenvalue weighted by Crippen LogP contribution is 2.56. The number of hydrogen-bond donors (Lipinski definition) is 2. The first-order valence-electron chi connectivity index (χ1n) is 6.52. The van der Waals surface area contributed by atoms with Crippen molar-refractivity contribution < 1.29 is 14.6 Å². The number of carboxylic acids is 1. The zero-order chi connectivity index (χ0) is 14.2. The summed E-state index contributed by atoms with van der Waals surface area (Å²) in [7, 11) is 3.44. The van der Waals surface area contributed by atoms with Crippen LogP contribution in [0, 0.1) is 19.3 Å². The Hall–Kier alpha value is -1.55. The van der Waals surface area contributed by atoms with Crippen LogP contribution >= 0.6 is 0 Å². The lowest BCUT2D eigenvalue weighted by molar-refractivity contribution is -0.144. The lowest BCUT2D eigenvalue weighted by Crippen LogP contribution is -2.33. The predicted octanol–water partition coefficient (Wildman–Crippen LogP) is 2.44. The van der Waals surface area contributed by atoms with E-state index in [1.165, 1.54) is 0 Å². The summed E-state index contributed by atoms with van der Waals surface area (Å²) < 4.78 is 5.46. The summed E-state index contributed by atoms with van der Waals surface area (Å²) in [6.45, 7) is 4.02. The number of nitrogens with one attached hydrogen (secondary N) is 1. The van der Waals surface area contributed by atoms with Crippen LogP contribution in [0.4, 0.5) is 0 Å². The fourth-order valence-corrected chi connectivity index (χ4v) is 2.94. The van der Waals surface area contributed by atoms with Gasteiger partial charge in [0.05, 0.1) is 18.6 Å². The number of carbonyl (C=O) groups is 1. The predicted molar refractivity (Wildman–Crippen MR) is 73.6 cm³/mol. The molecule has 0 amide bonds. The molecule has 1 atom stereocenters. The number of ether oxygens (including phenoxy) is 1. The lowest BCUT2D eigenvalue weighted by Gasteiger charge is -2.27. The second kappa shape index (κ2) is 4.85. The van der Waals surface area contributed by atoms with Crippen molar-refractivity contribution in [1.82, 2.24) is 5.32 Å². The van der Waals surface area contributed by atoms with Crippen molar-refractivity contribution >= 4 is 5.97 Å². The van der Waals surface area contributed by atoms with Gasteiger partial charge in [-0.15, -0.1) is 0 Å². The number of rotatable bonds is 5. The van der Waals surface area contributed by atoms with Crippen LogP contribution < -0.4 is 10.1 Å². The van der Waals surface area contributed by atoms with Gasteiger partial charge in [0, 0.05) is 5.56 Å². The van der Waals surface area contributed by atoms with Crippen LogP contribution in [0.25, 0.3) is 0 Å². The lowest BCUT2D eigenvalue weighted by atomic mass is 9.86. The Balaban J connectivity index is 2.53. The van der Waals surface area contributed by atoms with Crippen molar-refractivity contribution in [3.8, 4) is 5.75 Å². The van der Waals surface area contributed by atoms with Crippen LogP contribution in [0.5, 0.6) is 5.75 Å². The minimum absolute atomic E-state index is 0.208. The third-order valence-corrected chi connectivity index (χ3v) is 4.06. The van der Waals surface area contributed by atoms with Crippen LogP contribution in [0.1, 0.15) is 35.6 Å². The summed E-state index contributed by atoms with van der Waals surface area (Å²) in [5.74, 6) is 0.0400. The minimum Gasteiger partial charge on any atom is -0.496 e. The topological polar surface area (TPSA) is 58.6 Å². The van der Waals surface area contributed by atoms with Crippen LogP contribution in [0.3, 0.4) is 0 Å². The Morgan fingerprint density at radius 3 is 2.47 bits per heavy atom. The largest absolute Gasteiger partial charge is 0.496 e.